The van der Waals surface area contributed by atoms with Gasteiger partial charge in [-0.1, -0.05) is 13.3 Å². The summed E-state index contributed by atoms with van der Waals surface area (Å²) in [6.45, 7) is 2.06. The third kappa shape index (κ3) is 5.18. The average molecular weight is 384 g/mol. The molecule has 0 saturated heterocycles. The lowest BCUT2D eigenvalue weighted by molar-refractivity contribution is -0.0361. The highest BCUT2D eigenvalue weighted by Crippen LogP contribution is 2.35. The number of hydrogen-bond acceptors (Lipinski definition) is 5. The molecule has 2 N–H and O–H groups in total. The average Bonchev–Trinajstić information content (AvgIpc) is 2.64. The van der Waals surface area contributed by atoms with Gasteiger partial charge in [0.05, 0.1) is 0 Å². The van der Waals surface area contributed by atoms with E-state index in [0.29, 0.717) is 55.9 Å². The first-order valence-electron chi connectivity index (χ1n) is 9.84. The molecule has 0 aliphatic heterocycles. The second kappa shape index (κ2) is 8.54. The topological polar surface area (TPSA) is 70.9 Å². The lowest BCUT2D eigenvalue weighted by Crippen LogP contribution is -2.32. The monoisotopic (exact) mass is 384 g/mol. The molecule has 0 amide bonds. The van der Waals surface area contributed by atoms with Crippen molar-refractivity contribution < 1.29 is 18.3 Å². The van der Waals surface area contributed by atoms with E-state index in [2.05, 4.69) is 27.2 Å². The van der Waals surface area contributed by atoms with E-state index in [0.717, 1.165) is 12.8 Å². The van der Waals surface area contributed by atoms with E-state index in [-0.39, 0.29) is 24.7 Å². The number of anilines is 1. The van der Waals surface area contributed by atoms with Crippen LogP contribution in [0.5, 0.6) is 0 Å². The summed E-state index contributed by atoms with van der Waals surface area (Å²) in [5, 5.41) is 12.9. The summed E-state index contributed by atoms with van der Waals surface area (Å²) in [6.07, 6.45) is 3.29. The molecule has 1 saturated carbocycles. The first-order valence-corrected chi connectivity index (χ1v) is 9.84. The minimum absolute atomic E-state index is 0.130. The number of unbranched alkanes of at least 4 members (excludes halogenated alkanes) is 1. The Labute approximate surface area is 157 Å². The molecule has 0 bridgehead atoms. The third-order valence-electron chi connectivity index (χ3n) is 5.24. The number of hydrogen-bond donors (Lipinski definition) is 2. The predicted molar refractivity (Wildman–Crippen MR) is 97.2 cm³/mol. The Balaban J connectivity index is 1.84. The number of alkyl halides is 2. The molecule has 150 valence electrons. The molecular formula is C19H27F3N4O. The number of nitrogens with one attached hydrogen (secondary N) is 1. The molecule has 0 spiro atoms. The number of rotatable bonds is 6. The van der Waals surface area contributed by atoms with Gasteiger partial charge in [0.25, 0.3) is 0 Å². The molecule has 1 unspecified atom stereocenters. The van der Waals surface area contributed by atoms with Crippen LogP contribution in [0.3, 0.4) is 0 Å². The largest absolute Gasteiger partial charge is 0.386 e. The fraction of sp³-hybridized carbons (Fsp3) is 0.737. The van der Waals surface area contributed by atoms with Crippen LogP contribution in [0.15, 0.2) is 5.83 Å². The van der Waals surface area contributed by atoms with Crippen LogP contribution in [-0.4, -0.2) is 38.1 Å². The quantitative estimate of drug-likeness (QED) is 0.759. The molecular weight excluding hydrogens is 357 g/mol. The summed E-state index contributed by atoms with van der Waals surface area (Å²) in [7, 11) is 0. The van der Waals surface area contributed by atoms with Gasteiger partial charge >= 0.3 is 0 Å². The summed E-state index contributed by atoms with van der Waals surface area (Å²) in [5.41, 5.74) is 0.326. The van der Waals surface area contributed by atoms with Gasteiger partial charge in [-0.05, 0) is 38.5 Å². The van der Waals surface area contributed by atoms with Gasteiger partial charge < -0.3 is 10.4 Å². The van der Waals surface area contributed by atoms with Crippen molar-refractivity contribution >= 4 is 11.5 Å². The van der Waals surface area contributed by atoms with Crippen LogP contribution in [0, 0.1) is 0 Å². The molecule has 2 aliphatic carbocycles. The zero-order valence-electron chi connectivity index (χ0n) is 15.6. The summed E-state index contributed by atoms with van der Waals surface area (Å²) >= 11 is 0. The molecule has 1 fully saturated rings. The molecule has 0 aromatic carbocycles. The van der Waals surface area contributed by atoms with Crippen molar-refractivity contribution in [2.45, 2.75) is 89.2 Å². The van der Waals surface area contributed by atoms with E-state index < -0.39 is 17.9 Å². The normalized spacial score (nSPS) is 23.5. The Hall–Kier alpha value is -1.70. The van der Waals surface area contributed by atoms with Gasteiger partial charge in [0.1, 0.15) is 17.8 Å². The number of nitrogens with zero attached hydrogens (tertiary/aromatic N) is 3. The lowest BCUT2D eigenvalue weighted by atomic mass is 9.92. The van der Waals surface area contributed by atoms with Crippen molar-refractivity contribution in [2.24, 2.45) is 0 Å². The molecule has 8 heteroatoms. The fourth-order valence-corrected chi connectivity index (χ4v) is 3.57. The van der Waals surface area contributed by atoms with E-state index in [1.54, 1.807) is 0 Å². The van der Waals surface area contributed by atoms with E-state index in [4.69, 9.17) is 0 Å². The van der Waals surface area contributed by atoms with Gasteiger partial charge in [0.2, 0.25) is 11.9 Å². The highest BCUT2D eigenvalue weighted by Gasteiger charge is 2.35. The van der Waals surface area contributed by atoms with Gasteiger partial charge in [-0.3, -0.25) is 0 Å². The SMILES string of the molecule is CCCCc1nc(NC2CCC(F)(F)CC2)nc(C2=C(F)C(O)CCC2)n1. The third-order valence-corrected chi connectivity index (χ3v) is 5.24. The van der Waals surface area contributed by atoms with Crippen molar-refractivity contribution in [3.8, 4) is 0 Å². The number of aromatic nitrogens is 3. The van der Waals surface area contributed by atoms with Crippen molar-refractivity contribution in [1.82, 2.24) is 15.0 Å². The number of aryl methyl sites for hydroxylation is 1. The van der Waals surface area contributed by atoms with Crippen LogP contribution in [0.1, 0.15) is 76.4 Å². The molecule has 2 aliphatic rings. The lowest BCUT2D eigenvalue weighted by Gasteiger charge is -2.29. The maximum absolute atomic E-state index is 14.4. The van der Waals surface area contributed by atoms with E-state index in [1.807, 2.05) is 0 Å². The Morgan fingerprint density at radius 2 is 1.89 bits per heavy atom. The van der Waals surface area contributed by atoms with E-state index in [1.165, 1.54) is 0 Å². The highest BCUT2D eigenvalue weighted by atomic mass is 19.3. The highest BCUT2D eigenvalue weighted by molar-refractivity contribution is 5.64. The van der Waals surface area contributed by atoms with Gasteiger partial charge in [-0.15, -0.1) is 0 Å². The van der Waals surface area contributed by atoms with Crippen LogP contribution >= 0.6 is 0 Å². The van der Waals surface area contributed by atoms with Crippen molar-refractivity contribution in [1.29, 1.82) is 0 Å². The number of allylic oxidation sites excluding steroid dienone is 1. The van der Waals surface area contributed by atoms with E-state index in [9.17, 15) is 18.3 Å². The summed E-state index contributed by atoms with van der Waals surface area (Å²) < 4.78 is 41.1. The molecule has 27 heavy (non-hydrogen) atoms. The zero-order valence-corrected chi connectivity index (χ0v) is 15.6. The summed E-state index contributed by atoms with van der Waals surface area (Å²) in [6, 6.07) is -0.130. The van der Waals surface area contributed by atoms with Crippen LogP contribution in [-0.2, 0) is 6.42 Å². The first kappa shape index (κ1) is 20.0. The fourth-order valence-electron chi connectivity index (χ4n) is 3.57. The molecule has 5 nitrogen and oxygen atoms in total. The van der Waals surface area contributed by atoms with Gasteiger partial charge in [-0.25, -0.2) is 18.2 Å². The van der Waals surface area contributed by atoms with Crippen LogP contribution < -0.4 is 5.32 Å². The molecule has 3 rings (SSSR count). The van der Waals surface area contributed by atoms with Crippen LogP contribution in [0.25, 0.3) is 5.57 Å². The second-order valence-corrected chi connectivity index (χ2v) is 7.51. The Morgan fingerprint density at radius 1 is 1.15 bits per heavy atom. The Bertz CT molecular complexity index is 686. The number of halogens is 3. The number of aliphatic hydroxyl groups excluding tert-OH is 1. The smallest absolute Gasteiger partial charge is 0.248 e. The zero-order chi connectivity index (χ0) is 19.4. The van der Waals surface area contributed by atoms with Crippen molar-refractivity contribution in [2.75, 3.05) is 5.32 Å². The standard InChI is InChI=1S/C19H27F3N4O/c1-2-3-7-15-24-17(13-5-4-6-14(27)16(13)20)26-18(25-15)23-12-8-10-19(21,22)11-9-12/h12,14,27H,2-11H2,1H3,(H,23,24,25,26). The predicted octanol–water partition coefficient (Wildman–Crippen LogP) is 4.43. The van der Waals surface area contributed by atoms with Crippen molar-refractivity contribution in [3.63, 3.8) is 0 Å². The maximum atomic E-state index is 14.4. The van der Waals surface area contributed by atoms with E-state index >= 15 is 0 Å². The Morgan fingerprint density at radius 3 is 2.59 bits per heavy atom. The van der Waals surface area contributed by atoms with Crippen LogP contribution in [0.4, 0.5) is 19.1 Å². The molecule has 1 aromatic heterocycles. The molecule has 1 atom stereocenters. The first-order chi connectivity index (χ1) is 12.9. The second-order valence-electron chi connectivity index (χ2n) is 7.51. The van der Waals surface area contributed by atoms with Gasteiger partial charge in [-0.2, -0.15) is 9.97 Å². The molecule has 1 heterocycles. The maximum Gasteiger partial charge on any atom is 0.248 e. The molecule has 1 aromatic rings. The van der Waals surface area contributed by atoms with Gasteiger partial charge in [0, 0.05) is 30.9 Å². The number of aliphatic hydroxyl groups is 1. The van der Waals surface area contributed by atoms with Gasteiger partial charge in [0.15, 0.2) is 5.82 Å². The van der Waals surface area contributed by atoms with Crippen LogP contribution in [0.2, 0.25) is 0 Å². The van der Waals surface area contributed by atoms with Crippen molar-refractivity contribution in [3.05, 3.63) is 17.5 Å². The summed E-state index contributed by atoms with van der Waals surface area (Å²) in [4.78, 5) is 13.2. The minimum atomic E-state index is -2.60. The summed E-state index contributed by atoms with van der Waals surface area (Å²) in [5.74, 6) is -2.05. The minimum Gasteiger partial charge on any atom is -0.386 e. The Kier molecular flexibility index (Phi) is 6.34. The molecule has 0 radical (unpaired) electrons.